The minimum Gasteiger partial charge on any atom is -0.494 e. The molecule has 0 atom stereocenters. The maximum Gasteiger partial charge on any atom is 0.163 e. The summed E-state index contributed by atoms with van der Waals surface area (Å²) >= 11 is 3.23. The van der Waals surface area contributed by atoms with Crippen LogP contribution in [-0.4, -0.2) is 22.8 Å². The Labute approximate surface area is 104 Å². The maximum absolute atomic E-state index is 11.7. The van der Waals surface area contributed by atoms with Crippen LogP contribution < -0.4 is 4.74 Å². The van der Waals surface area contributed by atoms with Gasteiger partial charge in [0.2, 0.25) is 0 Å². The van der Waals surface area contributed by atoms with Gasteiger partial charge in [0.05, 0.1) is 13.2 Å². The minimum absolute atomic E-state index is 0.0492. The van der Waals surface area contributed by atoms with Crippen molar-refractivity contribution in [2.75, 3.05) is 11.9 Å². The average Bonchev–Trinajstić information content (AvgIpc) is 2.29. The van der Waals surface area contributed by atoms with Crippen LogP contribution in [0.5, 0.6) is 5.75 Å². The molecule has 0 aliphatic rings. The first-order valence-corrected chi connectivity index (χ1v) is 6.30. The van der Waals surface area contributed by atoms with Crippen molar-refractivity contribution in [1.29, 1.82) is 0 Å². The number of rotatable bonds is 6. The van der Waals surface area contributed by atoms with Crippen LogP contribution in [0.1, 0.15) is 29.3 Å². The topological polar surface area (TPSA) is 46.5 Å². The fourth-order valence-electron chi connectivity index (χ4n) is 1.39. The molecule has 0 aliphatic carbocycles. The molecule has 0 unspecified atom stereocenters. The summed E-state index contributed by atoms with van der Waals surface area (Å²) < 4.78 is 5.34. The van der Waals surface area contributed by atoms with Gasteiger partial charge in [-0.3, -0.25) is 4.79 Å². The first kappa shape index (κ1) is 13.2. The lowest BCUT2D eigenvalue weighted by Crippen LogP contribution is -2.02. The normalized spacial score (nSPS) is 10.2. The molecule has 0 radical (unpaired) electrons. The molecule has 1 rings (SSSR count). The highest BCUT2D eigenvalue weighted by Gasteiger charge is 2.08. The molecule has 0 saturated carbocycles. The molecule has 1 aromatic rings. The van der Waals surface area contributed by atoms with E-state index >= 15 is 0 Å². The molecule has 88 valence electrons. The largest absolute Gasteiger partial charge is 0.494 e. The van der Waals surface area contributed by atoms with Crippen molar-refractivity contribution in [2.24, 2.45) is 0 Å². The van der Waals surface area contributed by atoms with Crippen molar-refractivity contribution in [1.82, 2.24) is 0 Å². The summed E-state index contributed by atoms with van der Waals surface area (Å²) in [5.74, 6) is 0.681. The minimum atomic E-state index is -0.0878. The molecule has 0 fully saturated rings. The number of carbonyl (C=O) groups is 1. The number of hydrogen-bond acceptors (Lipinski definition) is 3. The Bertz CT molecular complexity index is 363. The number of alkyl halides is 1. The Morgan fingerprint density at radius 3 is 2.75 bits per heavy atom. The van der Waals surface area contributed by atoms with Gasteiger partial charge in [-0.2, -0.15) is 0 Å². The van der Waals surface area contributed by atoms with Crippen LogP contribution in [0.25, 0.3) is 0 Å². The van der Waals surface area contributed by atoms with E-state index < -0.39 is 0 Å². The lowest BCUT2D eigenvalue weighted by Gasteiger charge is -2.08. The fourth-order valence-corrected chi connectivity index (χ4v) is 1.75. The van der Waals surface area contributed by atoms with E-state index in [1.807, 2.05) is 6.92 Å². The molecule has 16 heavy (non-hydrogen) atoms. The molecule has 0 aromatic heterocycles. The standard InChI is InChI=1S/C12H15BrO3/c1-2-16-11-6-9(8-14)5-10(7-11)12(15)3-4-13/h5-7,14H,2-4,8H2,1H3. The maximum atomic E-state index is 11.7. The summed E-state index contributed by atoms with van der Waals surface area (Å²) in [4.78, 5) is 11.7. The molecule has 4 heteroatoms. The number of ether oxygens (including phenoxy) is 1. The number of halogens is 1. The molecular weight excluding hydrogens is 272 g/mol. The quantitative estimate of drug-likeness (QED) is 0.646. The summed E-state index contributed by atoms with van der Waals surface area (Å²) in [7, 11) is 0. The Morgan fingerprint density at radius 1 is 1.44 bits per heavy atom. The van der Waals surface area contributed by atoms with Crippen molar-refractivity contribution in [3.8, 4) is 5.75 Å². The predicted molar refractivity (Wildman–Crippen MR) is 66.3 cm³/mol. The zero-order valence-corrected chi connectivity index (χ0v) is 10.8. The van der Waals surface area contributed by atoms with Gasteiger partial charge >= 0.3 is 0 Å². The van der Waals surface area contributed by atoms with Gasteiger partial charge in [-0.1, -0.05) is 15.9 Å². The number of carbonyl (C=O) groups excluding carboxylic acids is 1. The van der Waals surface area contributed by atoms with E-state index in [0.717, 1.165) is 0 Å². The Kier molecular flexibility index (Phi) is 5.49. The molecule has 0 bridgehead atoms. The number of benzene rings is 1. The van der Waals surface area contributed by atoms with Gasteiger partial charge < -0.3 is 9.84 Å². The lowest BCUT2D eigenvalue weighted by molar-refractivity contribution is 0.0989. The van der Waals surface area contributed by atoms with E-state index in [0.29, 0.717) is 35.2 Å². The van der Waals surface area contributed by atoms with Gasteiger partial charge in [0, 0.05) is 17.3 Å². The van der Waals surface area contributed by atoms with Gasteiger partial charge in [-0.05, 0) is 30.7 Å². The van der Waals surface area contributed by atoms with Crippen molar-refractivity contribution < 1.29 is 14.6 Å². The summed E-state index contributed by atoms with van der Waals surface area (Å²) in [6.07, 6.45) is 0.445. The monoisotopic (exact) mass is 286 g/mol. The summed E-state index contributed by atoms with van der Waals surface area (Å²) in [5, 5.41) is 9.73. The van der Waals surface area contributed by atoms with Crippen LogP contribution in [0.4, 0.5) is 0 Å². The molecule has 0 heterocycles. The summed E-state index contributed by atoms with van der Waals surface area (Å²) in [6, 6.07) is 5.16. The Hall–Kier alpha value is -0.870. The van der Waals surface area contributed by atoms with Crippen LogP contribution in [0.15, 0.2) is 18.2 Å². The third kappa shape index (κ3) is 3.61. The zero-order chi connectivity index (χ0) is 12.0. The summed E-state index contributed by atoms with van der Waals surface area (Å²) in [6.45, 7) is 2.34. The van der Waals surface area contributed by atoms with E-state index in [4.69, 9.17) is 9.84 Å². The highest BCUT2D eigenvalue weighted by atomic mass is 79.9. The van der Waals surface area contributed by atoms with E-state index in [1.165, 1.54) is 0 Å². The average molecular weight is 287 g/mol. The number of hydrogen-bond donors (Lipinski definition) is 1. The molecule has 3 nitrogen and oxygen atoms in total. The van der Waals surface area contributed by atoms with E-state index in [1.54, 1.807) is 18.2 Å². The van der Waals surface area contributed by atoms with Gasteiger partial charge in [0.15, 0.2) is 5.78 Å². The van der Waals surface area contributed by atoms with Gasteiger partial charge in [0.25, 0.3) is 0 Å². The first-order valence-electron chi connectivity index (χ1n) is 5.18. The molecule has 1 aromatic carbocycles. The fraction of sp³-hybridized carbons (Fsp3) is 0.417. The molecular formula is C12H15BrO3. The molecule has 1 N–H and O–H groups in total. The number of ketones is 1. The van der Waals surface area contributed by atoms with Crippen LogP contribution in [0.2, 0.25) is 0 Å². The van der Waals surface area contributed by atoms with Crippen LogP contribution in [0.3, 0.4) is 0 Å². The molecule has 0 amide bonds. The van der Waals surface area contributed by atoms with E-state index in [9.17, 15) is 4.79 Å². The van der Waals surface area contributed by atoms with Crippen molar-refractivity contribution in [3.05, 3.63) is 29.3 Å². The van der Waals surface area contributed by atoms with E-state index in [2.05, 4.69) is 15.9 Å². The smallest absolute Gasteiger partial charge is 0.163 e. The number of aliphatic hydroxyl groups excluding tert-OH is 1. The Balaban J connectivity index is 2.98. The third-order valence-electron chi connectivity index (χ3n) is 2.10. The van der Waals surface area contributed by atoms with E-state index in [-0.39, 0.29) is 12.4 Å². The first-order chi connectivity index (χ1) is 7.71. The second-order valence-electron chi connectivity index (χ2n) is 3.32. The van der Waals surface area contributed by atoms with Crippen molar-refractivity contribution in [2.45, 2.75) is 20.0 Å². The predicted octanol–water partition coefficient (Wildman–Crippen LogP) is 2.55. The van der Waals surface area contributed by atoms with Crippen molar-refractivity contribution in [3.63, 3.8) is 0 Å². The highest BCUT2D eigenvalue weighted by Crippen LogP contribution is 2.19. The molecule has 0 saturated heterocycles. The molecule has 0 spiro atoms. The SMILES string of the molecule is CCOc1cc(CO)cc(C(=O)CCBr)c1. The highest BCUT2D eigenvalue weighted by molar-refractivity contribution is 9.09. The van der Waals surface area contributed by atoms with Crippen LogP contribution >= 0.6 is 15.9 Å². The van der Waals surface area contributed by atoms with Gasteiger partial charge in [-0.25, -0.2) is 0 Å². The molecule has 0 aliphatic heterocycles. The zero-order valence-electron chi connectivity index (χ0n) is 9.20. The van der Waals surface area contributed by atoms with Gasteiger partial charge in [-0.15, -0.1) is 0 Å². The second kappa shape index (κ2) is 6.66. The van der Waals surface area contributed by atoms with Gasteiger partial charge in [0.1, 0.15) is 5.75 Å². The van der Waals surface area contributed by atoms with Crippen LogP contribution in [0, 0.1) is 0 Å². The van der Waals surface area contributed by atoms with Crippen molar-refractivity contribution >= 4 is 21.7 Å². The second-order valence-corrected chi connectivity index (χ2v) is 4.11. The number of aliphatic hydroxyl groups is 1. The Morgan fingerprint density at radius 2 is 2.19 bits per heavy atom. The third-order valence-corrected chi connectivity index (χ3v) is 2.50. The lowest BCUT2D eigenvalue weighted by atomic mass is 10.1. The number of Topliss-reactive ketones (excluding diaryl/α,β-unsaturated/α-hetero) is 1. The summed E-state index contributed by atoms with van der Waals surface area (Å²) in [5.41, 5.74) is 1.29. The van der Waals surface area contributed by atoms with Crippen LogP contribution in [-0.2, 0) is 6.61 Å².